The van der Waals surface area contributed by atoms with Crippen molar-refractivity contribution in [3.63, 3.8) is 0 Å². The first-order valence-electron chi connectivity index (χ1n) is 6.67. The van der Waals surface area contributed by atoms with E-state index in [0.717, 1.165) is 50.9 Å². The maximum Gasteiger partial charge on any atom is 0.227 e. The Hall–Kier alpha value is -1.36. The lowest BCUT2D eigenvalue weighted by Crippen LogP contribution is -2.23. The Morgan fingerprint density at radius 3 is 3.22 bits per heavy atom. The molecule has 5 heteroatoms. The lowest BCUT2D eigenvalue weighted by Gasteiger charge is -2.16. The molecule has 0 spiro atoms. The van der Waals surface area contributed by atoms with Crippen LogP contribution in [0, 0.1) is 5.92 Å². The first-order chi connectivity index (χ1) is 8.83. The van der Waals surface area contributed by atoms with E-state index in [4.69, 9.17) is 4.74 Å². The van der Waals surface area contributed by atoms with Crippen molar-refractivity contribution in [2.75, 3.05) is 43.6 Å². The van der Waals surface area contributed by atoms with Crippen LogP contribution in [0.2, 0.25) is 0 Å². The molecule has 1 fully saturated rings. The SMILES string of the molecule is CCCOC[C@H]1CCN(c2nccc(NC)n2)C1. The van der Waals surface area contributed by atoms with Gasteiger partial charge in [0.2, 0.25) is 5.95 Å². The van der Waals surface area contributed by atoms with Gasteiger partial charge < -0.3 is 15.0 Å². The van der Waals surface area contributed by atoms with Crippen molar-refractivity contribution in [1.29, 1.82) is 0 Å². The summed E-state index contributed by atoms with van der Waals surface area (Å²) in [4.78, 5) is 11.0. The van der Waals surface area contributed by atoms with Crippen molar-refractivity contribution < 1.29 is 4.74 Å². The Bertz CT molecular complexity index is 372. The minimum Gasteiger partial charge on any atom is -0.381 e. The summed E-state index contributed by atoms with van der Waals surface area (Å²) >= 11 is 0. The summed E-state index contributed by atoms with van der Waals surface area (Å²) < 4.78 is 5.62. The third-order valence-electron chi connectivity index (χ3n) is 3.17. The van der Waals surface area contributed by atoms with Gasteiger partial charge in [0.25, 0.3) is 0 Å². The molecule has 1 aliphatic rings. The van der Waals surface area contributed by atoms with Crippen LogP contribution >= 0.6 is 0 Å². The van der Waals surface area contributed by atoms with Crippen LogP contribution in [0.5, 0.6) is 0 Å². The maximum atomic E-state index is 5.62. The average molecular weight is 250 g/mol. The molecule has 0 unspecified atom stereocenters. The van der Waals surface area contributed by atoms with Crippen molar-refractivity contribution in [1.82, 2.24) is 9.97 Å². The molecule has 0 amide bonds. The fraction of sp³-hybridized carbons (Fsp3) is 0.692. The maximum absolute atomic E-state index is 5.62. The Morgan fingerprint density at radius 1 is 1.56 bits per heavy atom. The molecule has 0 aliphatic carbocycles. The topological polar surface area (TPSA) is 50.3 Å². The number of aromatic nitrogens is 2. The van der Waals surface area contributed by atoms with Crippen LogP contribution in [0.1, 0.15) is 19.8 Å². The van der Waals surface area contributed by atoms with Crippen LogP contribution in [0.15, 0.2) is 12.3 Å². The molecule has 1 N–H and O–H groups in total. The molecule has 0 bridgehead atoms. The number of hydrogen-bond acceptors (Lipinski definition) is 5. The van der Waals surface area contributed by atoms with Crippen molar-refractivity contribution in [2.24, 2.45) is 5.92 Å². The molecule has 1 aromatic rings. The van der Waals surface area contributed by atoms with Crippen LogP contribution in [-0.4, -0.2) is 43.3 Å². The predicted octanol–water partition coefficient (Wildman–Crippen LogP) is 1.77. The highest BCUT2D eigenvalue weighted by Crippen LogP contribution is 2.21. The minimum absolute atomic E-state index is 0.610. The van der Waals surface area contributed by atoms with Crippen molar-refractivity contribution in [3.8, 4) is 0 Å². The van der Waals surface area contributed by atoms with E-state index in [1.807, 2.05) is 13.1 Å². The molecule has 2 rings (SSSR count). The summed E-state index contributed by atoms with van der Waals surface area (Å²) in [5, 5.41) is 3.04. The second-order valence-electron chi connectivity index (χ2n) is 4.67. The van der Waals surface area contributed by atoms with Crippen molar-refractivity contribution in [3.05, 3.63) is 12.3 Å². The highest BCUT2D eigenvalue weighted by Gasteiger charge is 2.24. The Labute approximate surface area is 109 Å². The molecule has 100 valence electrons. The van der Waals surface area contributed by atoms with Gasteiger partial charge >= 0.3 is 0 Å². The lowest BCUT2D eigenvalue weighted by molar-refractivity contribution is 0.106. The molecule has 0 saturated carbocycles. The third-order valence-corrected chi connectivity index (χ3v) is 3.17. The largest absolute Gasteiger partial charge is 0.381 e. The van der Waals surface area contributed by atoms with Gasteiger partial charge in [0.1, 0.15) is 5.82 Å². The lowest BCUT2D eigenvalue weighted by atomic mass is 10.1. The Morgan fingerprint density at radius 2 is 2.44 bits per heavy atom. The molecule has 1 saturated heterocycles. The zero-order chi connectivity index (χ0) is 12.8. The average Bonchev–Trinajstić information content (AvgIpc) is 2.88. The van der Waals surface area contributed by atoms with Crippen LogP contribution in [-0.2, 0) is 4.74 Å². The number of rotatable bonds is 6. The summed E-state index contributed by atoms with van der Waals surface area (Å²) in [5.41, 5.74) is 0. The second-order valence-corrected chi connectivity index (χ2v) is 4.67. The number of nitrogens with zero attached hydrogens (tertiary/aromatic N) is 3. The number of anilines is 2. The molecule has 18 heavy (non-hydrogen) atoms. The zero-order valence-electron chi connectivity index (χ0n) is 11.2. The number of ether oxygens (including phenoxy) is 1. The van der Waals surface area contributed by atoms with E-state index >= 15 is 0 Å². The molecular formula is C13H22N4O. The zero-order valence-corrected chi connectivity index (χ0v) is 11.2. The summed E-state index contributed by atoms with van der Waals surface area (Å²) in [7, 11) is 1.87. The second kappa shape index (κ2) is 6.54. The molecule has 5 nitrogen and oxygen atoms in total. The highest BCUT2D eigenvalue weighted by atomic mass is 16.5. The molecule has 1 atom stereocenters. The smallest absolute Gasteiger partial charge is 0.227 e. The Balaban J connectivity index is 1.87. The highest BCUT2D eigenvalue weighted by molar-refractivity contribution is 5.41. The van der Waals surface area contributed by atoms with Gasteiger partial charge in [-0.25, -0.2) is 4.98 Å². The van der Waals surface area contributed by atoms with E-state index in [1.165, 1.54) is 0 Å². The third kappa shape index (κ3) is 3.32. The minimum atomic E-state index is 0.610. The van der Waals surface area contributed by atoms with E-state index in [-0.39, 0.29) is 0 Å². The van der Waals surface area contributed by atoms with E-state index < -0.39 is 0 Å². The van der Waals surface area contributed by atoms with Gasteiger partial charge in [-0.1, -0.05) is 6.92 Å². The summed E-state index contributed by atoms with van der Waals surface area (Å²) in [6.07, 6.45) is 4.05. The quantitative estimate of drug-likeness (QED) is 0.780. The van der Waals surface area contributed by atoms with Gasteiger partial charge in [0, 0.05) is 38.9 Å². The molecule has 0 aromatic carbocycles. The van der Waals surface area contributed by atoms with E-state index in [2.05, 4.69) is 27.1 Å². The monoisotopic (exact) mass is 250 g/mol. The van der Waals surface area contributed by atoms with E-state index in [9.17, 15) is 0 Å². The van der Waals surface area contributed by atoms with Crippen LogP contribution in [0.4, 0.5) is 11.8 Å². The standard InChI is InChI=1S/C13H22N4O/c1-3-8-18-10-11-5-7-17(9-11)13-15-6-4-12(14-2)16-13/h4,6,11H,3,5,7-10H2,1-2H3,(H,14,15,16)/t11-/m0/s1. The first kappa shape index (κ1) is 13.1. The van der Waals surface area contributed by atoms with Gasteiger partial charge in [-0.2, -0.15) is 4.98 Å². The van der Waals surface area contributed by atoms with Crippen LogP contribution < -0.4 is 10.2 Å². The fourth-order valence-electron chi connectivity index (χ4n) is 2.18. The van der Waals surface area contributed by atoms with Gasteiger partial charge in [-0.3, -0.25) is 0 Å². The van der Waals surface area contributed by atoms with Gasteiger partial charge in [-0.05, 0) is 18.9 Å². The van der Waals surface area contributed by atoms with Crippen LogP contribution in [0.3, 0.4) is 0 Å². The molecular weight excluding hydrogens is 228 g/mol. The van der Waals surface area contributed by atoms with Crippen molar-refractivity contribution in [2.45, 2.75) is 19.8 Å². The number of nitrogens with one attached hydrogen (secondary N) is 1. The summed E-state index contributed by atoms with van der Waals surface area (Å²) in [6, 6.07) is 1.88. The fourth-order valence-corrected chi connectivity index (χ4v) is 2.18. The Kier molecular flexibility index (Phi) is 4.75. The number of hydrogen-bond donors (Lipinski definition) is 1. The van der Waals surface area contributed by atoms with Crippen molar-refractivity contribution >= 4 is 11.8 Å². The van der Waals surface area contributed by atoms with Crippen LogP contribution in [0.25, 0.3) is 0 Å². The van der Waals surface area contributed by atoms with E-state index in [0.29, 0.717) is 5.92 Å². The molecule has 0 radical (unpaired) electrons. The van der Waals surface area contributed by atoms with E-state index in [1.54, 1.807) is 6.20 Å². The first-order valence-corrected chi connectivity index (χ1v) is 6.67. The molecule has 2 heterocycles. The normalized spacial score (nSPS) is 19.2. The molecule has 1 aromatic heterocycles. The van der Waals surface area contributed by atoms with Gasteiger partial charge in [0.05, 0.1) is 6.61 Å². The summed E-state index contributed by atoms with van der Waals surface area (Å²) in [6.45, 7) is 5.88. The molecule has 1 aliphatic heterocycles. The predicted molar refractivity (Wildman–Crippen MR) is 73.0 cm³/mol. The summed E-state index contributed by atoms with van der Waals surface area (Å²) in [5.74, 6) is 2.30. The van der Waals surface area contributed by atoms with Gasteiger partial charge in [0.15, 0.2) is 0 Å². The van der Waals surface area contributed by atoms with Gasteiger partial charge in [-0.15, -0.1) is 0 Å².